The third-order valence-corrected chi connectivity index (χ3v) is 8.64. The monoisotopic (exact) mass is 608 g/mol. The van der Waals surface area contributed by atoms with Gasteiger partial charge >= 0.3 is 5.97 Å². The largest absolute Gasteiger partial charge is 0.463 e. The Morgan fingerprint density at radius 2 is 1.85 bits per heavy atom. The van der Waals surface area contributed by atoms with Crippen molar-refractivity contribution in [3.8, 4) is 11.3 Å². The molecule has 0 radical (unpaired) electrons. The number of fused-ring (bicyclic) bond motifs is 1. The molecule has 0 spiro atoms. The molecule has 1 aliphatic heterocycles. The number of carbonyl (C=O) groups excluding carboxylic acids is 1. The average molecular weight is 610 g/mol. The number of halogens is 2. The van der Waals surface area contributed by atoms with Crippen molar-refractivity contribution >= 4 is 46.6 Å². The zero-order chi connectivity index (χ0) is 29.3. The fourth-order valence-electron chi connectivity index (χ4n) is 4.86. The Morgan fingerprint density at radius 3 is 2.51 bits per heavy atom. The number of allylic oxidation sites excluding steroid dienone is 1. The molecule has 0 amide bonds. The average Bonchev–Trinajstić information content (AvgIpc) is 3.54. The topological polar surface area (TPSA) is 73.8 Å². The van der Waals surface area contributed by atoms with Crippen LogP contribution in [0.1, 0.15) is 69.4 Å². The highest BCUT2D eigenvalue weighted by atomic mass is 35.5. The molecule has 212 valence electrons. The highest BCUT2D eigenvalue weighted by Crippen LogP contribution is 2.33. The van der Waals surface area contributed by atoms with E-state index in [1.54, 1.807) is 35.8 Å². The second-order valence-electron chi connectivity index (χ2n) is 10.1. The molecule has 1 atom stereocenters. The van der Waals surface area contributed by atoms with Crippen LogP contribution in [0, 0.1) is 0 Å². The molecule has 41 heavy (non-hydrogen) atoms. The molecule has 4 aromatic rings. The van der Waals surface area contributed by atoms with Crippen LogP contribution in [0.3, 0.4) is 0 Å². The molecule has 5 rings (SSSR count). The molecule has 2 aromatic heterocycles. The summed E-state index contributed by atoms with van der Waals surface area (Å²) < 4.78 is 13.6. The number of esters is 1. The third-order valence-electron chi connectivity index (χ3n) is 6.92. The summed E-state index contributed by atoms with van der Waals surface area (Å²) in [5.41, 5.74) is 3.58. The first-order valence-electron chi connectivity index (χ1n) is 13.6. The quantitative estimate of drug-likeness (QED) is 0.197. The molecular weight excluding hydrogens is 579 g/mol. The van der Waals surface area contributed by atoms with Crippen LogP contribution in [-0.2, 0) is 9.53 Å². The van der Waals surface area contributed by atoms with Gasteiger partial charge < -0.3 is 9.15 Å². The second-order valence-corrected chi connectivity index (χ2v) is 11.9. The summed E-state index contributed by atoms with van der Waals surface area (Å²) in [7, 11) is 0. The van der Waals surface area contributed by atoms with Crippen molar-refractivity contribution in [3.05, 3.63) is 112 Å². The third kappa shape index (κ3) is 5.85. The van der Waals surface area contributed by atoms with Crippen LogP contribution in [0.15, 0.2) is 80.1 Å². The lowest BCUT2D eigenvalue weighted by atomic mass is 9.92. The lowest BCUT2D eigenvalue weighted by molar-refractivity contribution is -0.139. The van der Waals surface area contributed by atoms with Crippen molar-refractivity contribution in [1.29, 1.82) is 0 Å². The Bertz CT molecular complexity index is 1810. The lowest BCUT2D eigenvalue weighted by Crippen LogP contribution is -2.40. The molecule has 0 saturated heterocycles. The number of hydrogen-bond donors (Lipinski definition) is 0. The fourth-order valence-corrected chi connectivity index (χ4v) is 6.16. The lowest BCUT2D eigenvalue weighted by Gasteiger charge is -2.26. The molecule has 0 bridgehead atoms. The van der Waals surface area contributed by atoms with Gasteiger partial charge in [-0.05, 0) is 60.7 Å². The molecule has 0 aliphatic carbocycles. The number of thiazole rings is 1. The molecule has 9 heteroatoms. The first-order valence-corrected chi connectivity index (χ1v) is 15.2. The molecule has 0 saturated carbocycles. The Labute approximate surface area is 252 Å². The number of furan rings is 1. The smallest absolute Gasteiger partial charge is 0.338 e. The number of hydrogen-bond acceptors (Lipinski definition) is 6. The first kappa shape index (κ1) is 29.1. The number of benzene rings is 2. The van der Waals surface area contributed by atoms with E-state index < -0.39 is 12.0 Å². The van der Waals surface area contributed by atoms with E-state index in [0.717, 1.165) is 17.5 Å². The van der Waals surface area contributed by atoms with Crippen molar-refractivity contribution in [1.82, 2.24) is 4.57 Å². The van der Waals surface area contributed by atoms with Crippen LogP contribution in [0.2, 0.25) is 10.0 Å². The molecule has 0 unspecified atom stereocenters. The number of aromatic nitrogens is 1. The SMILES string of the molecule is CCCC1=C(C(=O)OCC)[C@H](c2ccc(C(C)C)cc2)n2c(s/c(=C\c3ccc(-c4ccc(Cl)c(Cl)c4)o3)c2=O)=N1. The minimum atomic E-state index is -0.654. The summed E-state index contributed by atoms with van der Waals surface area (Å²) in [5, 5.41) is 0.887. The minimum absolute atomic E-state index is 0.227. The molecule has 0 fully saturated rings. The number of nitrogens with zero attached hydrogens (tertiary/aromatic N) is 2. The summed E-state index contributed by atoms with van der Waals surface area (Å²) in [4.78, 5) is 32.7. The van der Waals surface area contributed by atoms with Crippen LogP contribution in [-0.4, -0.2) is 17.1 Å². The van der Waals surface area contributed by atoms with Gasteiger partial charge in [-0.2, -0.15) is 0 Å². The molecule has 3 heterocycles. The van der Waals surface area contributed by atoms with Crippen LogP contribution in [0.5, 0.6) is 0 Å². The van der Waals surface area contributed by atoms with E-state index in [2.05, 4.69) is 13.8 Å². The van der Waals surface area contributed by atoms with Gasteiger partial charge in [-0.15, -0.1) is 0 Å². The maximum atomic E-state index is 14.0. The van der Waals surface area contributed by atoms with Crippen molar-refractivity contribution in [2.24, 2.45) is 4.99 Å². The molecular formula is C32H30Cl2N2O4S. The van der Waals surface area contributed by atoms with Crippen LogP contribution in [0.25, 0.3) is 17.4 Å². The van der Waals surface area contributed by atoms with E-state index in [9.17, 15) is 9.59 Å². The summed E-state index contributed by atoms with van der Waals surface area (Å²) in [6.07, 6.45) is 3.08. The van der Waals surface area contributed by atoms with Gasteiger partial charge in [0.2, 0.25) is 0 Å². The molecule has 0 N–H and O–H groups in total. The Morgan fingerprint density at radius 1 is 1.10 bits per heavy atom. The van der Waals surface area contributed by atoms with Crippen molar-refractivity contribution < 1.29 is 13.9 Å². The fraction of sp³-hybridized carbons (Fsp3) is 0.281. The predicted octanol–water partition coefficient (Wildman–Crippen LogP) is 7.27. The van der Waals surface area contributed by atoms with E-state index in [1.807, 2.05) is 43.3 Å². The van der Waals surface area contributed by atoms with Crippen LogP contribution >= 0.6 is 34.5 Å². The van der Waals surface area contributed by atoms with Gasteiger partial charge in [-0.3, -0.25) is 9.36 Å². The number of carbonyl (C=O) groups is 1. The highest BCUT2D eigenvalue weighted by molar-refractivity contribution is 7.07. The Kier molecular flexibility index (Phi) is 8.68. The maximum absolute atomic E-state index is 14.0. The van der Waals surface area contributed by atoms with Crippen LogP contribution in [0.4, 0.5) is 0 Å². The van der Waals surface area contributed by atoms with E-state index in [1.165, 1.54) is 16.9 Å². The van der Waals surface area contributed by atoms with E-state index >= 15 is 0 Å². The van der Waals surface area contributed by atoms with E-state index in [4.69, 9.17) is 37.3 Å². The first-order chi connectivity index (χ1) is 19.7. The summed E-state index contributed by atoms with van der Waals surface area (Å²) in [6.45, 7) is 8.29. The van der Waals surface area contributed by atoms with Gasteiger partial charge in [-0.25, -0.2) is 9.79 Å². The van der Waals surface area contributed by atoms with Gasteiger partial charge in [0.05, 0.1) is 38.5 Å². The van der Waals surface area contributed by atoms with Crippen molar-refractivity contribution in [2.45, 2.75) is 52.5 Å². The van der Waals surface area contributed by atoms with Gasteiger partial charge in [0.1, 0.15) is 11.5 Å². The Balaban J connectivity index is 1.66. The highest BCUT2D eigenvalue weighted by Gasteiger charge is 2.34. The number of ether oxygens (including phenoxy) is 1. The van der Waals surface area contributed by atoms with Crippen molar-refractivity contribution in [2.75, 3.05) is 6.61 Å². The normalized spacial score (nSPS) is 15.3. The summed E-state index contributed by atoms with van der Waals surface area (Å²) in [6, 6.07) is 16.3. The number of rotatable bonds is 8. The van der Waals surface area contributed by atoms with Crippen LogP contribution < -0.4 is 14.9 Å². The maximum Gasteiger partial charge on any atom is 0.338 e. The summed E-state index contributed by atoms with van der Waals surface area (Å²) >= 11 is 13.5. The zero-order valence-electron chi connectivity index (χ0n) is 23.2. The Hall–Kier alpha value is -3.39. The van der Waals surface area contributed by atoms with Gasteiger partial charge in [0, 0.05) is 11.6 Å². The van der Waals surface area contributed by atoms with E-state index in [-0.39, 0.29) is 12.2 Å². The second kappa shape index (κ2) is 12.2. The molecule has 1 aliphatic rings. The summed E-state index contributed by atoms with van der Waals surface area (Å²) in [5.74, 6) is 1.00. The van der Waals surface area contributed by atoms with Crippen molar-refractivity contribution in [3.63, 3.8) is 0 Å². The molecule has 6 nitrogen and oxygen atoms in total. The minimum Gasteiger partial charge on any atom is -0.463 e. The zero-order valence-corrected chi connectivity index (χ0v) is 25.6. The van der Waals surface area contributed by atoms with Gasteiger partial charge in [-0.1, -0.05) is 86.0 Å². The van der Waals surface area contributed by atoms with Gasteiger partial charge in [0.25, 0.3) is 5.56 Å². The van der Waals surface area contributed by atoms with Gasteiger partial charge in [0.15, 0.2) is 4.80 Å². The predicted molar refractivity (Wildman–Crippen MR) is 164 cm³/mol. The molecule has 2 aromatic carbocycles. The standard InChI is InChI=1S/C32H30Cl2N2O4S/c1-5-7-25-28(31(38)39-6-2)29(20-10-8-19(9-11-20)18(3)4)36-30(37)27(41-32(36)35-25)17-22-13-15-26(40-22)21-12-14-23(33)24(34)16-21/h8-18,29H,5-7H2,1-4H3/b27-17-/t29-/m0/s1. The van der Waals surface area contributed by atoms with E-state index in [0.29, 0.717) is 54.5 Å².